The first-order valence-electron chi connectivity index (χ1n) is 7.42. The molecule has 0 N–H and O–H groups in total. The zero-order valence-corrected chi connectivity index (χ0v) is 14.1. The highest BCUT2D eigenvalue weighted by molar-refractivity contribution is 6.87. The van der Waals surface area contributed by atoms with Crippen LogP contribution in [0.5, 0.6) is 0 Å². The highest BCUT2D eigenvalue weighted by atomic mass is 28.3. The van der Waals surface area contributed by atoms with E-state index in [4.69, 9.17) is 5.26 Å². The minimum atomic E-state index is -4.39. The molecule has 0 spiro atoms. The van der Waals surface area contributed by atoms with Crippen LogP contribution in [0.15, 0.2) is 18.2 Å². The molecule has 0 radical (unpaired) electrons. The Morgan fingerprint density at radius 1 is 1.09 bits per heavy atom. The van der Waals surface area contributed by atoms with Crippen molar-refractivity contribution in [3.05, 3.63) is 34.9 Å². The molecule has 1 aromatic carbocycles. The maximum Gasteiger partial charge on any atom is 0.416 e. The van der Waals surface area contributed by atoms with Crippen molar-refractivity contribution in [1.82, 2.24) is 0 Å². The molecule has 0 atom stereocenters. The molecule has 119 valence electrons. The van der Waals surface area contributed by atoms with Gasteiger partial charge in [0.1, 0.15) is 0 Å². The van der Waals surface area contributed by atoms with Crippen molar-refractivity contribution in [3.63, 3.8) is 0 Å². The smallest absolute Gasteiger partial charge is 0.279 e. The van der Waals surface area contributed by atoms with Crippen molar-refractivity contribution in [2.75, 3.05) is 0 Å². The molecule has 0 unspecified atom stereocenters. The molecule has 0 aliphatic heterocycles. The fourth-order valence-corrected chi connectivity index (χ4v) is 4.75. The van der Waals surface area contributed by atoms with Gasteiger partial charge in [-0.3, -0.25) is 5.54 Å². The van der Waals surface area contributed by atoms with Gasteiger partial charge in [-0.1, -0.05) is 34.9 Å². The largest absolute Gasteiger partial charge is 0.416 e. The van der Waals surface area contributed by atoms with Gasteiger partial charge < -0.3 is 0 Å². The molecule has 0 saturated heterocycles. The number of benzene rings is 1. The Morgan fingerprint density at radius 3 is 2.14 bits per heavy atom. The lowest BCUT2D eigenvalue weighted by atomic mass is 10.0. The zero-order valence-electron chi connectivity index (χ0n) is 13.1. The van der Waals surface area contributed by atoms with E-state index in [1.165, 1.54) is 6.07 Å². The van der Waals surface area contributed by atoms with Gasteiger partial charge in [0.2, 0.25) is 0 Å². The molecule has 0 heterocycles. The van der Waals surface area contributed by atoms with Gasteiger partial charge in [-0.15, -0.1) is 24.1 Å². The maximum atomic E-state index is 12.9. The summed E-state index contributed by atoms with van der Waals surface area (Å²) in [5, 5.41) is 8.83. The summed E-state index contributed by atoms with van der Waals surface area (Å²) in [6.45, 7) is 6.28. The Hall–Kier alpha value is -1.72. The molecule has 5 heteroatoms. The fraction of sp³-hybridized carbons (Fsp3) is 0.471. The van der Waals surface area contributed by atoms with Gasteiger partial charge in [0.25, 0.3) is 0 Å². The topological polar surface area (TPSA) is 23.8 Å². The Kier molecular flexibility index (Phi) is 6.26. The Bertz CT molecular complexity index is 605. The van der Waals surface area contributed by atoms with Crippen LogP contribution in [0.25, 0.3) is 0 Å². The Labute approximate surface area is 131 Å². The standard InChI is InChI=1S/C17H20F3NSi/c1-4-22(5-2,6-3)12-10-15-13-16(17(18,19)20)8-7-14(15)9-11-21/h7-8,13H,4-6,9H2,1-3H3/q-1. The normalized spacial score (nSPS) is 11.5. The molecule has 0 aromatic heterocycles. The van der Waals surface area contributed by atoms with Crippen LogP contribution < -0.4 is 0 Å². The second-order valence-electron chi connectivity index (χ2n) is 5.30. The molecule has 1 nitrogen and oxygen atoms in total. The van der Waals surface area contributed by atoms with Crippen LogP contribution >= 0.6 is 0 Å². The van der Waals surface area contributed by atoms with E-state index >= 15 is 0 Å². The van der Waals surface area contributed by atoms with Crippen LogP contribution in [0.2, 0.25) is 18.1 Å². The minimum absolute atomic E-state index is 0.0705. The van der Waals surface area contributed by atoms with Crippen LogP contribution in [0.1, 0.15) is 37.5 Å². The number of rotatable bonds is 4. The number of nitriles is 1. The van der Waals surface area contributed by atoms with Crippen molar-refractivity contribution < 1.29 is 13.2 Å². The maximum absolute atomic E-state index is 12.9. The molecule has 22 heavy (non-hydrogen) atoms. The molecule has 0 bridgehead atoms. The van der Waals surface area contributed by atoms with E-state index in [-0.39, 0.29) is 6.42 Å². The summed E-state index contributed by atoms with van der Waals surface area (Å²) in [5.74, 6) is 2.96. The Morgan fingerprint density at radius 2 is 1.68 bits per heavy atom. The summed E-state index contributed by atoms with van der Waals surface area (Å²) < 4.78 is 38.6. The summed E-state index contributed by atoms with van der Waals surface area (Å²) >= 11 is 0. The van der Waals surface area contributed by atoms with Gasteiger partial charge in [0.05, 0.1) is 18.1 Å². The van der Waals surface area contributed by atoms with E-state index in [2.05, 4.69) is 32.2 Å². The van der Waals surface area contributed by atoms with Crippen LogP contribution in [0.3, 0.4) is 0 Å². The number of hydrogen-bond donors (Lipinski definition) is 0. The summed E-state index contributed by atoms with van der Waals surface area (Å²) in [4.78, 5) is 0. The van der Waals surface area contributed by atoms with E-state index < -0.39 is 19.8 Å². The number of nitrogens with zero attached hydrogens (tertiary/aromatic N) is 1. The average molecular weight is 323 g/mol. The highest BCUT2D eigenvalue weighted by Crippen LogP contribution is 2.30. The van der Waals surface area contributed by atoms with Crippen molar-refractivity contribution in [2.24, 2.45) is 0 Å². The molecule has 0 amide bonds. The zero-order chi connectivity index (χ0) is 16.8. The lowest BCUT2D eigenvalue weighted by molar-refractivity contribution is -0.137. The molecule has 1 aromatic rings. The van der Waals surface area contributed by atoms with Gasteiger partial charge in [-0.05, 0) is 17.7 Å². The lowest BCUT2D eigenvalue weighted by Crippen LogP contribution is -2.29. The monoisotopic (exact) mass is 323 g/mol. The summed E-state index contributed by atoms with van der Waals surface area (Å²) in [7, 11) is -1.73. The third kappa shape index (κ3) is 4.38. The highest BCUT2D eigenvalue weighted by Gasteiger charge is 2.30. The van der Waals surface area contributed by atoms with Gasteiger partial charge in [0, 0.05) is 5.56 Å². The minimum Gasteiger partial charge on any atom is -0.279 e. The lowest BCUT2D eigenvalue weighted by Gasteiger charge is -2.33. The average Bonchev–Trinajstić information content (AvgIpc) is 2.49. The molecule has 0 saturated carbocycles. The second kappa shape index (κ2) is 7.51. The summed E-state index contributed by atoms with van der Waals surface area (Å²) in [6, 6.07) is 8.39. The van der Waals surface area contributed by atoms with E-state index in [0.29, 0.717) is 11.1 Å². The van der Waals surface area contributed by atoms with Crippen LogP contribution in [0.4, 0.5) is 13.2 Å². The van der Waals surface area contributed by atoms with E-state index in [0.717, 1.165) is 30.3 Å². The van der Waals surface area contributed by atoms with Crippen LogP contribution in [0, 0.1) is 22.8 Å². The molecule has 0 aliphatic rings. The summed E-state index contributed by atoms with van der Waals surface area (Å²) in [5.41, 5.74) is 3.48. The van der Waals surface area contributed by atoms with Crippen LogP contribution in [-0.2, 0) is 12.6 Å². The van der Waals surface area contributed by atoms with Crippen molar-refractivity contribution >= 4 is 8.07 Å². The van der Waals surface area contributed by atoms with Gasteiger partial charge >= 0.3 is 6.18 Å². The van der Waals surface area contributed by atoms with Gasteiger partial charge in [-0.25, -0.2) is 0 Å². The third-order valence-electron chi connectivity index (χ3n) is 4.20. The number of halogens is 3. The number of alkyl halides is 3. The van der Waals surface area contributed by atoms with Gasteiger partial charge in [-0.2, -0.15) is 18.4 Å². The Balaban J connectivity index is 3.36. The quantitative estimate of drug-likeness (QED) is 0.554. The first kappa shape index (κ1) is 18.3. The predicted molar refractivity (Wildman–Crippen MR) is 84.8 cm³/mol. The predicted octanol–water partition coefficient (Wildman–Crippen LogP) is 5.17. The molecular weight excluding hydrogens is 303 g/mol. The summed E-state index contributed by atoms with van der Waals surface area (Å²) in [6.07, 6.45) is -4.32. The molecular formula is C17H20F3NSi-. The van der Waals surface area contributed by atoms with E-state index in [1.807, 2.05) is 6.07 Å². The van der Waals surface area contributed by atoms with Crippen molar-refractivity contribution in [3.8, 4) is 17.5 Å². The molecule has 0 aliphatic carbocycles. The van der Waals surface area contributed by atoms with E-state index in [1.54, 1.807) is 0 Å². The number of hydrogen-bond acceptors (Lipinski definition) is 1. The molecule has 0 fully saturated rings. The first-order chi connectivity index (χ1) is 10.3. The third-order valence-corrected chi connectivity index (χ3v) is 8.92. The fourth-order valence-electron chi connectivity index (χ4n) is 2.32. The van der Waals surface area contributed by atoms with Gasteiger partial charge in [0.15, 0.2) is 0 Å². The second-order valence-corrected chi connectivity index (χ2v) is 10.2. The first-order valence-corrected chi connectivity index (χ1v) is 10.0. The SMILES string of the molecule is CC[Si-](C#Cc1cc(C(F)(F)F)ccc1CC#N)(CC)CC. The van der Waals surface area contributed by atoms with E-state index in [9.17, 15) is 13.2 Å². The van der Waals surface area contributed by atoms with Crippen LogP contribution in [-0.4, -0.2) is 8.07 Å². The van der Waals surface area contributed by atoms with Crippen molar-refractivity contribution in [2.45, 2.75) is 51.5 Å². The molecule has 1 rings (SSSR count). The van der Waals surface area contributed by atoms with Crippen molar-refractivity contribution in [1.29, 1.82) is 5.26 Å².